The zero-order chi connectivity index (χ0) is 23.8. The molecule has 0 saturated heterocycles. The molecule has 0 aromatic heterocycles. The highest BCUT2D eigenvalue weighted by Crippen LogP contribution is 2.38. The standard InChI is InChI=1S/C27H39FN2OS/c1-7-26(3,4)20-15-16-24(21(19-20)27(5,6)8-2)31-18-12-11-17-29-25(32)30-23-14-10-9-13-22(23)28/h9-10,13-16,19H,7-8,11-12,17-18H2,1-6H3,(H2,29,30,32). The van der Waals surface area contributed by atoms with Crippen molar-refractivity contribution >= 4 is 23.0 Å². The fourth-order valence-corrected chi connectivity index (χ4v) is 3.55. The molecule has 0 aliphatic rings. The first-order valence-electron chi connectivity index (χ1n) is 11.7. The van der Waals surface area contributed by atoms with Gasteiger partial charge in [0.1, 0.15) is 11.6 Å². The maximum absolute atomic E-state index is 13.7. The van der Waals surface area contributed by atoms with Crippen molar-refractivity contribution in [3.8, 4) is 5.75 Å². The quantitative estimate of drug-likeness (QED) is 0.272. The van der Waals surface area contributed by atoms with E-state index < -0.39 is 0 Å². The van der Waals surface area contributed by atoms with Crippen molar-refractivity contribution in [3.05, 3.63) is 59.4 Å². The van der Waals surface area contributed by atoms with Crippen LogP contribution < -0.4 is 15.4 Å². The number of halogens is 1. The van der Waals surface area contributed by atoms with Gasteiger partial charge in [-0.1, -0.05) is 65.8 Å². The number of thiocarbonyl (C=S) groups is 1. The van der Waals surface area contributed by atoms with Crippen LogP contribution in [0.4, 0.5) is 10.1 Å². The minimum Gasteiger partial charge on any atom is -0.493 e. The summed E-state index contributed by atoms with van der Waals surface area (Å²) in [6.45, 7) is 15.0. The summed E-state index contributed by atoms with van der Waals surface area (Å²) in [6, 6.07) is 13.2. The average Bonchev–Trinajstić information content (AvgIpc) is 2.77. The summed E-state index contributed by atoms with van der Waals surface area (Å²) in [7, 11) is 0. The Kier molecular flexibility index (Phi) is 9.50. The van der Waals surface area contributed by atoms with Crippen molar-refractivity contribution in [2.24, 2.45) is 0 Å². The van der Waals surface area contributed by atoms with Crippen LogP contribution in [0.15, 0.2) is 42.5 Å². The average molecular weight is 459 g/mol. The lowest BCUT2D eigenvalue weighted by atomic mass is 9.76. The van der Waals surface area contributed by atoms with Crippen LogP contribution in [0.3, 0.4) is 0 Å². The molecule has 2 N–H and O–H groups in total. The largest absolute Gasteiger partial charge is 0.493 e. The number of benzene rings is 2. The number of ether oxygens (including phenoxy) is 1. The smallest absolute Gasteiger partial charge is 0.170 e. The number of hydrogen-bond donors (Lipinski definition) is 2. The van der Waals surface area contributed by atoms with Crippen molar-refractivity contribution in [2.45, 2.75) is 78.1 Å². The van der Waals surface area contributed by atoms with Gasteiger partial charge in [0, 0.05) is 12.1 Å². The Hall–Kier alpha value is -2.14. The molecule has 2 aromatic carbocycles. The molecule has 0 bridgehead atoms. The summed E-state index contributed by atoms with van der Waals surface area (Å²) < 4.78 is 19.9. The van der Waals surface area contributed by atoms with Crippen LogP contribution in [0.1, 0.15) is 78.4 Å². The highest BCUT2D eigenvalue weighted by molar-refractivity contribution is 7.80. The van der Waals surface area contributed by atoms with E-state index in [2.05, 4.69) is 70.4 Å². The van der Waals surface area contributed by atoms with E-state index in [1.54, 1.807) is 18.2 Å². The summed E-state index contributed by atoms with van der Waals surface area (Å²) >= 11 is 5.25. The second kappa shape index (κ2) is 11.6. The van der Waals surface area contributed by atoms with Gasteiger partial charge >= 0.3 is 0 Å². The summed E-state index contributed by atoms with van der Waals surface area (Å²) in [4.78, 5) is 0. The molecule has 0 radical (unpaired) electrons. The Balaban J connectivity index is 1.87. The van der Waals surface area contributed by atoms with E-state index in [1.165, 1.54) is 17.2 Å². The van der Waals surface area contributed by atoms with Crippen molar-refractivity contribution in [1.29, 1.82) is 0 Å². The molecule has 176 valence electrons. The zero-order valence-corrected chi connectivity index (χ0v) is 21.3. The second-order valence-corrected chi connectivity index (χ2v) is 10.0. The van der Waals surface area contributed by atoms with Crippen LogP contribution in [-0.4, -0.2) is 18.3 Å². The summed E-state index contributed by atoms with van der Waals surface area (Å²) in [5, 5.41) is 6.45. The SMILES string of the molecule is CCC(C)(C)c1ccc(OCCCCNC(=S)Nc2ccccc2F)c(C(C)(C)CC)c1. The van der Waals surface area contributed by atoms with Gasteiger partial charge in [0.2, 0.25) is 0 Å². The van der Waals surface area contributed by atoms with E-state index in [1.807, 2.05) is 0 Å². The highest BCUT2D eigenvalue weighted by Gasteiger charge is 2.26. The predicted octanol–water partition coefficient (Wildman–Crippen LogP) is 7.35. The molecule has 0 unspecified atom stereocenters. The van der Waals surface area contributed by atoms with E-state index in [0.29, 0.717) is 24.0 Å². The lowest BCUT2D eigenvalue weighted by Crippen LogP contribution is -2.29. The summed E-state index contributed by atoms with van der Waals surface area (Å²) in [5.41, 5.74) is 3.24. The molecule has 0 saturated carbocycles. The third-order valence-corrected chi connectivity index (χ3v) is 6.74. The Bertz CT molecular complexity index is 895. The van der Waals surface area contributed by atoms with Gasteiger partial charge < -0.3 is 15.4 Å². The first kappa shape index (κ1) is 26.1. The number of anilines is 1. The highest BCUT2D eigenvalue weighted by atomic mass is 32.1. The maximum atomic E-state index is 13.7. The molecule has 0 amide bonds. The van der Waals surface area contributed by atoms with Crippen LogP contribution in [0.5, 0.6) is 5.75 Å². The van der Waals surface area contributed by atoms with Gasteiger partial charge in [-0.25, -0.2) is 4.39 Å². The number of unbranched alkanes of at least 4 members (excludes halogenated alkanes) is 1. The normalized spacial score (nSPS) is 11.8. The van der Waals surface area contributed by atoms with Crippen molar-refractivity contribution < 1.29 is 9.13 Å². The lowest BCUT2D eigenvalue weighted by molar-refractivity contribution is 0.296. The van der Waals surface area contributed by atoms with Gasteiger partial charge in [-0.3, -0.25) is 0 Å². The minimum absolute atomic E-state index is 0.0568. The summed E-state index contributed by atoms with van der Waals surface area (Å²) in [5.74, 6) is 0.668. The van der Waals surface area contributed by atoms with Gasteiger partial charge in [-0.2, -0.15) is 0 Å². The molecule has 5 heteroatoms. The molecule has 0 spiro atoms. The van der Waals surface area contributed by atoms with E-state index in [4.69, 9.17) is 17.0 Å². The molecule has 0 fully saturated rings. The lowest BCUT2D eigenvalue weighted by Gasteiger charge is -2.30. The Morgan fingerprint density at radius 1 is 0.969 bits per heavy atom. The number of hydrogen-bond acceptors (Lipinski definition) is 2. The fourth-order valence-electron chi connectivity index (χ4n) is 3.34. The Labute approximate surface area is 199 Å². The van der Waals surface area contributed by atoms with Gasteiger partial charge in [-0.05, 0) is 72.5 Å². The van der Waals surface area contributed by atoms with Crippen LogP contribution >= 0.6 is 12.2 Å². The molecule has 3 nitrogen and oxygen atoms in total. The molecule has 0 atom stereocenters. The molecule has 0 aliphatic carbocycles. The Morgan fingerprint density at radius 2 is 1.66 bits per heavy atom. The van der Waals surface area contributed by atoms with Crippen molar-refractivity contribution in [2.75, 3.05) is 18.5 Å². The van der Waals surface area contributed by atoms with E-state index in [-0.39, 0.29) is 16.6 Å². The monoisotopic (exact) mass is 458 g/mol. The van der Waals surface area contributed by atoms with Crippen molar-refractivity contribution in [1.82, 2.24) is 5.32 Å². The molecular formula is C27H39FN2OS. The molecule has 2 rings (SSSR count). The zero-order valence-electron chi connectivity index (χ0n) is 20.5. The minimum atomic E-state index is -0.316. The van der Waals surface area contributed by atoms with E-state index >= 15 is 0 Å². The van der Waals surface area contributed by atoms with E-state index in [9.17, 15) is 4.39 Å². The molecule has 0 aliphatic heterocycles. The first-order chi connectivity index (χ1) is 15.1. The number of nitrogens with one attached hydrogen (secondary N) is 2. The second-order valence-electron chi connectivity index (χ2n) is 9.60. The third-order valence-electron chi connectivity index (χ3n) is 6.49. The Morgan fingerprint density at radius 3 is 2.31 bits per heavy atom. The van der Waals surface area contributed by atoms with Crippen molar-refractivity contribution in [3.63, 3.8) is 0 Å². The van der Waals surface area contributed by atoms with Crippen LogP contribution in [0, 0.1) is 5.82 Å². The van der Waals surface area contributed by atoms with Crippen LogP contribution in [-0.2, 0) is 10.8 Å². The van der Waals surface area contributed by atoms with Gasteiger partial charge in [0.05, 0.1) is 12.3 Å². The van der Waals surface area contributed by atoms with Crippen LogP contribution in [0.25, 0.3) is 0 Å². The summed E-state index contributed by atoms with van der Waals surface area (Å²) in [6.07, 6.45) is 3.96. The number of para-hydroxylation sites is 1. The number of rotatable bonds is 11. The molecule has 0 heterocycles. The first-order valence-corrected chi connectivity index (χ1v) is 12.1. The maximum Gasteiger partial charge on any atom is 0.170 e. The third kappa shape index (κ3) is 7.19. The topological polar surface area (TPSA) is 33.3 Å². The molecule has 32 heavy (non-hydrogen) atoms. The fraction of sp³-hybridized carbons (Fsp3) is 0.519. The molecule has 2 aromatic rings. The predicted molar refractivity (Wildman–Crippen MR) is 138 cm³/mol. The van der Waals surface area contributed by atoms with Gasteiger partial charge in [0.25, 0.3) is 0 Å². The van der Waals surface area contributed by atoms with Gasteiger partial charge in [0.15, 0.2) is 5.11 Å². The van der Waals surface area contributed by atoms with Gasteiger partial charge in [-0.15, -0.1) is 0 Å². The van der Waals surface area contributed by atoms with E-state index in [0.717, 1.165) is 31.4 Å². The van der Waals surface area contributed by atoms with Crippen LogP contribution in [0.2, 0.25) is 0 Å². The molecular weight excluding hydrogens is 419 g/mol.